The Morgan fingerprint density at radius 2 is 2.21 bits per heavy atom. The summed E-state index contributed by atoms with van der Waals surface area (Å²) in [6.07, 6.45) is 3.88. The summed E-state index contributed by atoms with van der Waals surface area (Å²) >= 11 is 3.46. The fraction of sp³-hybridized carbons (Fsp3) is 0.273. The Bertz CT molecular complexity index is 347. The SMILES string of the molecule is COc1c(Br)cc(C)cc1/C=C/CN. The second kappa shape index (κ2) is 5.17. The number of benzene rings is 1. The average molecular weight is 256 g/mol. The second-order valence-electron chi connectivity index (χ2n) is 3.01. The smallest absolute Gasteiger partial charge is 0.140 e. The van der Waals surface area contributed by atoms with Gasteiger partial charge in [0.2, 0.25) is 0 Å². The van der Waals surface area contributed by atoms with Crippen LogP contribution in [0.3, 0.4) is 0 Å². The summed E-state index contributed by atoms with van der Waals surface area (Å²) in [6, 6.07) is 4.09. The molecule has 1 aromatic rings. The van der Waals surface area contributed by atoms with Crippen molar-refractivity contribution in [3.8, 4) is 5.75 Å². The number of ether oxygens (including phenoxy) is 1. The third-order valence-corrected chi connectivity index (χ3v) is 2.44. The fourth-order valence-corrected chi connectivity index (χ4v) is 2.04. The van der Waals surface area contributed by atoms with Gasteiger partial charge >= 0.3 is 0 Å². The zero-order chi connectivity index (χ0) is 10.6. The van der Waals surface area contributed by atoms with Gasteiger partial charge in [-0.05, 0) is 40.5 Å². The number of hydrogen-bond acceptors (Lipinski definition) is 2. The van der Waals surface area contributed by atoms with E-state index in [1.807, 2.05) is 25.1 Å². The van der Waals surface area contributed by atoms with Gasteiger partial charge in [0.1, 0.15) is 5.75 Å². The maximum atomic E-state index is 5.40. The fourth-order valence-electron chi connectivity index (χ4n) is 1.29. The molecule has 2 N–H and O–H groups in total. The van der Waals surface area contributed by atoms with Crippen LogP contribution in [0.5, 0.6) is 5.75 Å². The molecule has 76 valence electrons. The van der Waals surface area contributed by atoms with Crippen LogP contribution in [0.25, 0.3) is 6.08 Å². The topological polar surface area (TPSA) is 35.2 Å². The predicted octanol–water partition coefficient (Wildman–Crippen LogP) is 2.74. The van der Waals surface area contributed by atoms with Crippen LogP contribution in [-0.2, 0) is 0 Å². The molecule has 0 radical (unpaired) electrons. The van der Waals surface area contributed by atoms with E-state index >= 15 is 0 Å². The highest BCUT2D eigenvalue weighted by atomic mass is 79.9. The Hall–Kier alpha value is -0.800. The van der Waals surface area contributed by atoms with Gasteiger partial charge in [-0.15, -0.1) is 0 Å². The number of nitrogens with two attached hydrogens (primary N) is 1. The Morgan fingerprint density at radius 3 is 2.79 bits per heavy atom. The van der Waals surface area contributed by atoms with Crippen molar-refractivity contribution in [2.24, 2.45) is 5.73 Å². The van der Waals surface area contributed by atoms with E-state index in [2.05, 4.69) is 22.0 Å². The molecule has 0 aliphatic heterocycles. The second-order valence-corrected chi connectivity index (χ2v) is 3.86. The average Bonchev–Trinajstić information content (AvgIpc) is 2.14. The third kappa shape index (κ3) is 2.59. The molecule has 0 saturated heterocycles. The summed E-state index contributed by atoms with van der Waals surface area (Å²) in [5.41, 5.74) is 7.64. The Kier molecular flexibility index (Phi) is 4.17. The summed E-state index contributed by atoms with van der Waals surface area (Å²) in [4.78, 5) is 0. The van der Waals surface area contributed by atoms with E-state index < -0.39 is 0 Å². The largest absolute Gasteiger partial charge is 0.495 e. The molecular weight excluding hydrogens is 242 g/mol. The molecule has 0 fully saturated rings. The third-order valence-electron chi connectivity index (χ3n) is 1.85. The molecular formula is C11H14BrNO. The summed E-state index contributed by atoms with van der Waals surface area (Å²) in [7, 11) is 1.66. The summed E-state index contributed by atoms with van der Waals surface area (Å²) in [5.74, 6) is 0.848. The molecule has 0 heterocycles. The van der Waals surface area contributed by atoms with E-state index in [-0.39, 0.29) is 0 Å². The van der Waals surface area contributed by atoms with Crippen LogP contribution in [-0.4, -0.2) is 13.7 Å². The number of methoxy groups -OCH3 is 1. The monoisotopic (exact) mass is 255 g/mol. The summed E-state index contributed by atoms with van der Waals surface area (Å²) in [5, 5.41) is 0. The lowest BCUT2D eigenvalue weighted by atomic mass is 10.1. The van der Waals surface area contributed by atoms with E-state index in [0.29, 0.717) is 6.54 Å². The summed E-state index contributed by atoms with van der Waals surface area (Å²) in [6.45, 7) is 2.58. The molecule has 0 aromatic heterocycles. The van der Waals surface area contributed by atoms with Crippen molar-refractivity contribution in [1.29, 1.82) is 0 Å². The van der Waals surface area contributed by atoms with E-state index in [9.17, 15) is 0 Å². The van der Waals surface area contributed by atoms with E-state index in [1.165, 1.54) is 5.56 Å². The van der Waals surface area contributed by atoms with E-state index in [4.69, 9.17) is 10.5 Å². The highest BCUT2D eigenvalue weighted by Gasteiger charge is 2.05. The minimum absolute atomic E-state index is 0.536. The number of rotatable bonds is 3. The van der Waals surface area contributed by atoms with Crippen LogP contribution in [0.15, 0.2) is 22.7 Å². The highest BCUT2D eigenvalue weighted by Crippen LogP contribution is 2.31. The number of halogens is 1. The van der Waals surface area contributed by atoms with Crippen molar-refractivity contribution in [3.63, 3.8) is 0 Å². The molecule has 1 aromatic carbocycles. The first kappa shape index (κ1) is 11.3. The van der Waals surface area contributed by atoms with Crippen LogP contribution in [0.4, 0.5) is 0 Å². The molecule has 0 aliphatic rings. The van der Waals surface area contributed by atoms with Crippen molar-refractivity contribution < 1.29 is 4.74 Å². The first-order valence-corrected chi connectivity index (χ1v) is 5.19. The number of hydrogen-bond donors (Lipinski definition) is 1. The van der Waals surface area contributed by atoms with Crippen LogP contribution >= 0.6 is 15.9 Å². The van der Waals surface area contributed by atoms with Crippen LogP contribution in [0, 0.1) is 6.92 Å². The molecule has 14 heavy (non-hydrogen) atoms. The normalized spacial score (nSPS) is 10.9. The van der Waals surface area contributed by atoms with Crippen LogP contribution < -0.4 is 10.5 Å². The van der Waals surface area contributed by atoms with Crippen molar-refractivity contribution in [2.75, 3.05) is 13.7 Å². The molecule has 3 heteroatoms. The minimum atomic E-state index is 0.536. The van der Waals surface area contributed by atoms with Crippen molar-refractivity contribution >= 4 is 22.0 Å². The zero-order valence-electron chi connectivity index (χ0n) is 8.38. The molecule has 1 rings (SSSR count). The van der Waals surface area contributed by atoms with Crippen LogP contribution in [0.1, 0.15) is 11.1 Å². The molecule has 0 unspecified atom stereocenters. The summed E-state index contributed by atoms with van der Waals surface area (Å²) < 4.78 is 6.26. The van der Waals surface area contributed by atoms with Crippen molar-refractivity contribution in [2.45, 2.75) is 6.92 Å². The van der Waals surface area contributed by atoms with Gasteiger partial charge in [-0.1, -0.05) is 12.2 Å². The lowest BCUT2D eigenvalue weighted by molar-refractivity contribution is 0.411. The zero-order valence-corrected chi connectivity index (χ0v) is 9.97. The highest BCUT2D eigenvalue weighted by molar-refractivity contribution is 9.10. The standard InChI is InChI=1S/C11H14BrNO/c1-8-6-9(4-3-5-13)11(14-2)10(12)7-8/h3-4,6-7H,5,13H2,1-2H3/b4-3+. The van der Waals surface area contributed by atoms with Gasteiger partial charge in [-0.25, -0.2) is 0 Å². The van der Waals surface area contributed by atoms with Gasteiger partial charge in [0.05, 0.1) is 11.6 Å². The Balaban J connectivity index is 3.18. The van der Waals surface area contributed by atoms with Crippen molar-refractivity contribution in [3.05, 3.63) is 33.8 Å². The number of aryl methyl sites for hydroxylation is 1. The lowest BCUT2D eigenvalue weighted by Crippen LogP contribution is -1.94. The van der Waals surface area contributed by atoms with Gasteiger partial charge in [0.25, 0.3) is 0 Å². The maximum Gasteiger partial charge on any atom is 0.140 e. The van der Waals surface area contributed by atoms with Crippen LogP contribution in [0.2, 0.25) is 0 Å². The maximum absolute atomic E-state index is 5.40. The van der Waals surface area contributed by atoms with Gasteiger partial charge in [-0.3, -0.25) is 0 Å². The molecule has 2 nitrogen and oxygen atoms in total. The quantitative estimate of drug-likeness (QED) is 0.902. The minimum Gasteiger partial charge on any atom is -0.495 e. The molecule has 0 spiro atoms. The molecule has 0 amide bonds. The van der Waals surface area contributed by atoms with Gasteiger partial charge in [0, 0.05) is 12.1 Å². The molecule has 0 aliphatic carbocycles. The lowest BCUT2D eigenvalue weighted by Gasteiger charge is -2.08. The van der Waals surface area contributed by atoms with E-state index in [1.54, 1.807) is 7.11 Å². The predicted molar refractivity (Wildman–Crippen MR) is 63.5 cm³/mol. The first-order chi connectivity index (χ1) is 6.69. The van der Waals surface area contributed by atoms with E-state index in [0.717, 1.165) is 15.8 Å². The van der Waals surface area contributed by atoms with Crippen molar-refractivity contribution in [1.82, 2.24) is 0 Å². The van der Waals surface area contributed by atoms with Gasteiger partial charge in [0.15, 0.2) is 0 Å². The first-order valence-electron chi connectivity index (χ1n) is 4.39. The van der Waals surface area contributed by atoms with Gasteiger partial charge < -0.3 is 10.5 Å². The Morgan fingerprint density at radius 1 is 1.50 bits per heavy atom. The van der Waals surface area contributed by atoms with Gasteiger partial charge in [-0.2, -0.15) is 0 Å². The molecule has 0 bridgehead atoms. The Labute approximate surface area is 92.9 Å². The molecule has 0 saturated carbocycles. The molecule has 0 atom stereocenters.